The molecule has 0 saturated heterocycles. The molecule has 2 N–H and O–H groups in total. The maximum atomic E-state index is 13.1. The number of aliphatic hydroxyl groups excluding tert-OH is 1. The lowest BCUT2D eigenvalue weighted by atomic mass is 9.95. The SMILES string of the molecule is CC(C)C(NCC(O)c1ccccc1C(F)(F)F)c1ccc(F)cc1. The quantitative estimate of drug-likeness (QED) is 0.725. The molecule has 0 fully saturated rings. The van der Waals surface area contributed by atoms with Gasteiger partial charge >= 0.3 is 6.18 Å². The first-order chi connectivity index (χ1) is 11.7. The van der Waals surface area contributed by atoms with E-state index in [2.05, 4.69) is 5.32 Å². The molecular weight excluding hydrogens is 334 g/mol. The Balaban J connectivity index is 2.15. The third kappa shape index (κ3) is 5.03. The molecule has 2 atom stereocenters. The van der Waals surface area contributed by atoms with Gasteiger partial charge in [-0.1, -0.05) is 44.2 Å². The Hall–Kier alpha value is -1.92. The summed E-state index contributed by atoms with van der Waals surface area (Å²) < 4.78 is 52.3. The Kier molecular flexibility index (Phi) is 6.19. The Bertz CT molecular complexity index is 683. The molecule has 0 heterocycles. The van der Waals surface area contributed by atoms with Crippen LogP contribution in [-0.4, -0.2) is 11.7 Å². The van der Waals surface area contributed by atoms with Crippen LogP contribution >= 0.6 is 0 Å². The highest BCUT2D eigenvalue weighted by Gasteiger charge is 2.34. The number of nitrogens with one attached hydrogen (secondary N) is 1. The number of hydrogen-bond acceptors (Lipinski definition) is 2. The molecule has 0 aliphatic rings. The summed E-state index contributed by atoms with van der Waals surface area (Å²) >= 11 is 0. The number of benzene rings is 2. The van der Waals surface area contributed by atoms with Crippen molar-refractivity contribution in [3.63, 3.8) is 0 Å². The number of alkyl halides is 3. The van der Waals surface area contributed by atoms with E-state index >= 15 is 0 Å². The molecule has 0 spiro atoms. The maximum Gasteiger partial charge on any atom is 0.416 e. The van der Waals surface area contributed by atoms with Gasteiger partial charge in [0.2, 0.25) is 0 Å². The van der Waals surface area contributed by atoms with Gasteiger partial charge in [-0.15, -0.1) is 0 Å². The summed E-state index contributed by atoms with van der Waals surface area (Å²) in [6.07, 6.45) is -5.83. The second-order valence-corrected chi connectivity index (χ2v) is 6.28. The fourth-order valence-electron chi connectivity index (χ4n) is 2.80. The first kappa shape index (κ1) is 19.4. The summed E-state index contributed by atoms with van der Waals surface area (Å²) in [5, 5.41) is 13.4. The molecule has 2 unspecified atom stereocenters. The van der Waals surface area contributed by atoms with E-state index < -0.39 is 17.8 Å². The zero-order chi connectivity index (χ0) is 18.6. The standard InChI is InChI=1S/C19H21F4NO/c1-12(2)18(13-7-9-14(20)10-8-13)24-11-17(25)15-5-3-4-6-16(15)19(21,22)23/h3-10,12,17-18,24-25H,11H2,1-2H3. The highest BCUT2D eigenvalue weighted by molar-refractivity contribution is 5.31. The monoisotopic (exact) mass is 355 g/mol. The number of hydrogen-bond donors (Lipinski definition) is 2. The van der Waals surface area contributed by atoms with Crippen LogP contribution in [-0.2, 0) is 6.18 Å². The van der Waals surface area contributed by atoms with Crippen LogP contribution in [0.2, 0.25) is 0 Å². The molecular formula is C19H21F4NO. The third-order valence-electron chi connectivity index (χ3n) is 4.05. The van der Waals surface area contributed by atoms with Gasteiger partial charge in [-0.05, 0) is 35.2 Å². The van der Waals surface area contributed by atoms with Crippen molar-refractivity contribution in [3.8, 4) is 0 Å². The summed E-state index contributed by atoms with van der Waals surface area (Å²) in [7, 11) is 0. The van der Waals surface area contributed by atoms with E-state index in [4.69, 9.17) is 0 Å². The van der Waals surface area contributed by atoms with E-state index in [-0.39, 0.29) is 29.9 Å². The molecule has 136 valence electrons. The van der Waals surface area contributed by atoms with Crippen molar-refractivity contribution in [3.05, 3.63) is 71.0 Å². The summed E-state index contributed by atoms with van der Waals surface area (Å²) in [5.41, 5.74) is -0.191. The van der Waals surface area contributed by atoms with E-state index in [1.807, 2.05) is 13.8 Å². The van der Waals surface area contributed by atoms with Crippen LogP contribution in [0.5, 0.6) is 0 Å². The van der Waals surface area contributed by atoms with Crippen molar-refractivity contribution in [1.29, 1.82) is 0 Å². The van der Waals surface area contributed by atoms with Crippen molar-refractivity contribution in [2.75, 3.05) is 6.54 Å². The molecule has 0 aromatic heterocycles. The summed E-state index contributed by atoms with van der Waals surface area (Å²) in [6, 6.07) is 10.7. The first-order valence-corrected chi connectivity index (χ1v) is 8.03. The van der Waals surface area contributed by atoms with Gasteiger partial charge in [0.25, 0.3) is 0 Å². The predicted octanol–water partition coefficient (Wildman–Crippen LogP) is 4.86. The van der Waals surface area contributed by atoms with Crippen molar-refractivity contribution in [2.45, 2.75) is 32.2 Å². The molecule has 6 heteroatoms. The lowest BCUT2D eigenvalue weighted by molar-refractivity contribution is -0.139. The van der Waals surface area contributed by atoms with Gasteiger partial charge in [-0.25, -0.2) is 4.39 Å². The Morgan fingerprint density at radius 3 is 2.16 bits per heavy atom. The van der Waals surface area contributed by atoms with Crippen molar-refractivity contribution < 1.29 is 22.7 Å². The van der Waals surface area contributed by atoms with Gasteiger partial charge in [-0.2, -0.15) is 13.2 Å². The van der Waals surface area contributed by atoms with E-state index in [0.29, 0.717) is 0 Å². The van der Waals surface area contributed by atoms with E-state index in [1.54, 1.807) is 12.1 Å². The molecule has 0 saturated carbocycles. The molecule has 0 amide bonds. The van der Waals surface area contributed by atoms with E-state index in [9.17, 15) is 22.7 Å². The van der Waals surface area contributed by atoms with Gasteiger partial charge < -0.3 is 10.4 Å². The van der Waals surface area contributed by atoms with Gasteiger partial charge in [0.15, 0.2) is 0 Å². The predicted molar refractivity (Wildman–Crippen MR) is 88.4 cm³/mol. The molecule has 0 bridgehead atoms. The van der Waals surface area contributed by atoms with Crippen molar-refractivity contribution in [2.24, 2.45) is 5.92 Å². The van der Waals surface area contributed by atoms with Crippen molar-refractivity contribution >= 4 is 0 Å². The molecule has 2 nitrogen and oxygen atoms in total. The first-order valence-electron chi connectivity index (χ1n) is 8.03. The van der Waals surface area contributed by atoms with E-state index in [0.717, 1.165) is 11.6 Å². The van der Waals surface area contributed by atoms with Crippen LogP contribution in [0.4, 0.5) is 17.6 Å². The molecule has 2 aromatic rings. The summed E-state index contributed by atoms with van der Waals surface area (Å²) in [5.74, 6) is -0.249. The molecule has 0 radical (unpaired) electrons. The number of halogens is 4. The van der Waals surface area contributed by atoms with Gasteiger partial charge in [0.1, 0.15) is 5.82 Å². The summed E-state index contributed by atoms with van der Waals surface area (Å²) in [6.45, 7) is 3.83. The molecule has 2 rings (SSSR count). The van der Waals surface area contributed by atoms with Crippen LogP contribution in [0.3, 0.4) is 0 Å². The smallest absolute Gasteiger partial charge is 0.387 e. The van der Waals surface area contributed by atoms with Gasteiger partial charge in [0, 0.05) is 12.6 Å². The average Bonchev–Trinajstić information content (AvgIpc) is 2.55. The van der Waals surface area contributed by atoms with E-state index in [1.165, 1.54) is 30.3 Å². The minimum Gasteiger partial charge on any atom is -0.387 e. The number of rotatable bonds is 6. The van der Waals surface area contributed by atoms with Gasteiger partial charge in [0.05, 0.1) is 11.7 Å². The second kappa shape index (κ2) is 7.97. The van der Waals surface area contributed by atoms with Crippen LogP contribution in [0.25, 0.3) is 0 Å². The Morgan fingerprint density at radius 1 is 1.00 bits per heavy atom. The second-order valence-electron chi connectivity index (χ2n) is 6.28. The topological polar surface area (TPSA) is 32.3 Å². The highest BCUT2D eigenvalue weighted by Crippen LogP contribution is 2.34. The fourth-order valence-corrected chi connectivity index (χ4v) is 2.80. The third-order valence-corrected chi connectivity index (χ3v) is 4.05. The average molecular weight is 355 g/mol. The molecule has 2 aromatic carbocycles. The zero-order valence-electron chi connectivity index (χ0n) is 14.0. The Labute approximate surface area is 144 Å². The van der Waals surface area contributed by atoms with Crippen LogP contribution in [0, 0.1) is 11.7 Å². The normalized spacial score (nSPS) is 14.6. The molecule has 0 aliphatic heterocycles. The van der Waals surface area contributed by atoms with Crippen LogP contribution < -0.4 is 5.32 Å². The zero-order valence-corrected chi connectivity index (χ0v) is 14.0. The van der Waals surface area contributed by atoms with Crippen molar-refractivity contribution in [1.82, 2.24) is 5.32 Å². The fraction of sp³-hybridized carbons (Fsp3) is 0.368. The van der Waals surface area contributed by atoms with Crippen LogP contribution in [0.1, 0.15) is 42.7 Å². The largest absolute Gasteiger partial charge is 0.416 e. The minimum absolute atomic E-state index is 0.0483. The lowest BCUT2D eigenvalue weighted by Crippen LogP contribution is -2.30. The highest BCUT2D eigenvalue weighted by atomic mass is 19.4. The van der Waals surface area contributed by atoms with Gasteiger partial charge in [-0.3, -0.25) is 0 Å². The number of aliphatic hydroxyl groups is 1. The van der Waals surface area contributed by atoms with Crippen LogP contribution in [0.15, 0.2) is 48.5 Å². The molecule has 25 heavy (non-hydrogen) atoms. The Morgan fingerprint density at radius 2 is 1.60 bits per heavy atom. The lowest BCUT2D eigenvalue weighted by Gasteiger charge is -2.25. The minimum atomic E-state index is -4.52. The molecule has 0 aliphatic carbocycles. The maximum absolute atomic E-state index is 13.1. The summed E-state index contributed by atoms with van der Waals surface area (Å²) in [4.78, 5) is 0.